The fraction of sp³-hybridized carbons (Fsp3) is 0.667. The van der Waals surface area contributed by atoms with Gasteiger partial charge in [0.05, 0.1) is 5.69 Å². The molecule has 2 rings (SSSR count). The molecule has 1 fully saturated rings. The van der Waals surface area contributed by atoms with E-state index < -0.39 is 0 Å². The number of hydrogen-bond acceptors (Lipinski definition) is 3. The number of nitrogens with zero attached hydrogens (tertiary/aromatic N) is 2. The van der Waals surface area contributed by atoms with Crippen molar-refractivity contribution < 1.29 is 0 Å². The molecule has 72 valence electrons. The number of piperidine rings is 1. The van der Waals surface area contributed by atoms with Gasteiger partial charge in [0.15, 0.2) is 3.92 Å². The topological polar surface area (TPSA) is 16.1 Å². The van der Waals surface area contributed by atoms with Crippen molar-refractivity contribution in [1.82, 2.24) is 9.88 Å². The Balaban J connectivity index is 2.02. The summed E-state index contributed by atoms with van der Waals surface area (Å²) in [4.78, 5) is 6.86. The highest BCUT2D eigenvalue weighted by Gasteiger charge is 2.20. The Morgan fingerprint density at radius 2 is 2.23 bits per heavy atom. The van der Waals surface area contributed by atoms with Gasteiger partial charge in [0.2, 0.25) is 0 Å². The predicted molar refractivity (Wildman–Crippen MR) is 59.3 cm³/mol. The zero-order valence-corrected chi connectivity index (χ0v) is 10.1. The van der Waals surface area contributed by atoms with E-state index in [9.17, 15) is 0 Å². The largest absolute Gasteiger partial charge is 0.306 e. The first-order valence-electron chi connectivity index (χ1n) is 4.55. The lowest BCUT2D eigenvalue weighted by molar-refractivity contribution is 0.253. The maximum Gasteiger partial charge on any atom is 0.159 e. The first kappa shape index (κ1) is 9.62. The van der Waals surface area contributed by atoms with Gasteiger partial charge in [0, 0.05) is 11.3 Å². The second-order valence-electron chi connectivity index (χ2n) is 3.60. The SMILES string of the molecule is CN1CCC(c2csc(Br)n2)CC1. The fourth-order valence-electron chi connectivity index (χ4n) is 1.76. The smallest absolute Gasteiger partial charge is 0.159 e. The molecule has 0 aromatic carbocycles. The molecule has 1 saturated heterocycles. The van der Waals surface area contributed by atoms with E-state index in [4.69, 9.17) is 0 Å². The van der Waals surface area contributed by atoms with E-state index >= 15 is 0 Å². The van der Waals surface area contributed by atoms with E-state index in [0.717, 1.165) is 3.92 Å². The van der Waals surface area contributed by atoms with Crippen LogP contribution < -0.4 is 0 Å². The van der Waals surface area contributed by atoms with Crippen molar-refractivity contribution in [2.24, 2.45) is 0 Å². The summed E-state index contributed by atoms with van der Waals surface area (Å²) in [5.41, 5.74) is 1.28. The zero-order chi connectivity index (χ0) is 9.26. The molecule has 0 amide bonds. The van der Waals surface area contributed by atoms with Crippen molar-refractivity contribution in [1.29, 1.82) is 0 Å². The van der Waals surface area contributed by atoms with Crippen molar-refractivity contribution in [3.05, 3.63) is 15.0 Å². The Hall–Kier alpha value is 0.0700. The monoisotopic (exact) mass is 260 g/mol. The maximum atomic E-state index is 4.48. The van der Waals surface area contributed by atoms with E-state index in [1.165, 1.54) is 31.6 Å². The minimum Gasteiger partial charge on any atom is -0.306 e. The van der Waals surface area contributed by atoms with E-state index in [-0.39, 0.29) is 0 Å². The lowest BCUT2D eigenvalue weighted by Gasteiger charge is -2.27. The van der Waals surface area contributed by atoms with Crippen molar-refractivity contribution >= 4 is 27.3 Å². The zero-order valence-electron chi connectivity index (χ0n) is 7.66. The Morgan fingerprint density at radius 1 is 1.54 bits per heavy atom. The minimum atomic E-state index is 0.693. The molecule has 1 aliphatic rings. The Bertz CT molecular complexity index is 279. The van der Waals surface area contributed by atoms with Crippen LogP contribution >= 0.6 is 27.3 Å². The van der Waals surface area contributed by atoms with Crippen LogP contribution in [0.15, 0.2) is 9.30 Å². The number of likely N-dealkylation sites (tertiary alicyclic amines) is 1. The molecule has 0 bridgehead atoms. The summed E-state index contributed by atoms with van der Waals surface area (Å²) in [5.74, 6) is 0.693. The number of hydrogen-bond donors (Lipinski definition) is 0. The molecule has 0 radical (unpaired) electrons. The molecule has 0 unspecified atom stereocenters. The van der Waals surface area contributed by atoms with Crippen LogP contribution in [0, 0.1) is 0 Å². The van der Waals surface area contributed by atoms with Crippen molar-refractivity contribution in [2.75, 3.05) is 20.1 Å². The van der Waals surface area contributed by atoms with Crippen LogP contribution in [-0.4, -0.2) is 30.0 Å². The van der Waals surface area contributed by atoms with Gasteiger partial charge in [0.1, 0.15) is 0 Å². The van der Waals surface area contributed by atoms with E-state index in [1.54, 1.807) is 11.3 Å². The summed E-state index contributed by atoms with van der Waals surface area (Å²) in [6, 6.07) is 0. The van der Waals surface area contributed by atoms with Gasteiger partial charge in [-0.2, -0.15) is 0 Å². The van der Waals surface area contributed by atoms with Gasteiger partial charge < -0.3 is 4.90 Å². The second-order valence-corrected chi connectivity index (χ2v) is 5.74. The molecule has 0 spiro atoms. The molecule has 1 aromatic rings. The third-order valence-corrected chi connectivity index (χ3v) is 4.01. The summed E-state index contributed by atoms with van der Waals surface area (Å²) in [6.45, 7) is 2.42. The van der Waals surface area contributed by atoms with Crippen LogP contribution in [0.5, 0.6) is 0 Å². The van der Waals surface area contributed by atoms with Crippen LogP contribution in [0.3, 0.4) is 0 Å². The van der Waals surface area contributed by atoms with E-state index in [2.05, 4.69) is 38.2 Å². The summed E-state index contributed by atoms with van der Waals surface area (Å²) < 4.78 is 1.02. The van der Waals surface area contributed by atoms with Crippen LogP contribution in [-0.2, 0) is 0 Å². The highest BCUT2D eigenvalue weighted by molar-refractivity contribution is 9.11. The quantitative estimate of drug-likeness (QED) is 0.772. The summed E-state index contributed by atoms with van der Waals surface area (Å²) in [6.07, 6.45) is 2.51. The second kappa shape index (κ2) is 4.07. The highest BCUT2D eigenvalue weighted by atomic mass is 79.9. The molecule has 0 aliphatic carbocycles. The van der Waals surface area contributed by atoms with Gasteiger partial charge in [0.25, 0.3) is 0 Å². The number of aromatic nitrogens is 1. The molecule has 1 aromatic heterocycles. The molecule has 2 nitrogen and oxygen atoms in total. The third kappa shape index (κ3) is 2.30. The molecular weight excluding hydrogens is 248 g/mol. The Morgan fingerprint density at radius 3 is 2.77 bits per heavy atom. The average Bonchev–Trinajstić information content (AvgIpc) is 2.53. The van der Waals surface area contributed by atoms with Crippen molar-refractivity contribution in [2.45, 2.75) is 18.8 Å². The first-order valence-corrected chi connectivity index (χ1v) is 6.22. The van der Waals surface area contributed by atoms with Gasteiger partial charge in [-0.25, -0.2) is 4.98 Å². The predicted octanol–water partition coefficient (Wildman–Crippen LogP) is 2.71. The van der Waals surface area contributed by atoms with Crippen LogP contribution in [0.2, 0.25) is 0 Å². The van der Waals surface area contributed by atoms with E-state index in [0.29, 0.717) is 5.92 Å². The Labute approximate surface area is 91.1 Å². The summed E-state index contributed by atoms with van der Waals surface area (Å²) in [7, 11) is 2.19. The molecule has 0 saturated carbocycles. The summed E-state index contributed by atoms with van der Waals surface area (Å²) in [5, 5.41) is 2.18. The van der Waals surface area contributed by atoms with Crippen molar-refractivity contribution in [3.63, 3.8) is 0 Å². The van der Waals surface area contributed by atoms with Crippen LogP contribution in [0.1, 0.15) is 24.5 Å². The molecule has 0 atom stereocenters. The number of halogens is 1. The number of thiazole rings is 1. The normalized spacial score (nSPS) is 20.8. The molecule has 2 heterocycles. The molecular formula is C9H13BrN2S. The summed E-state index contributed by atoms with van der Waals surface area (Å²) >= 11 is 5.10. The van der Waals surface area contributed by atoms with Crippen LogP contribution in [0.25, 0.3) is 0 Å². The van der Waals surface area contributed by atoms with Gasteiger partial charge in [-0.1, -0.05) is 0 Å². The highest BCUT2D eigenvalue weighted by Crippen LogP contribution is 2.29. The van der Waals surface area contributed by atoms with Gasteiger partial charge in [-0.3, -0.25) is 0 Å². The van der Waals surface area contributed by atoms with Crippen LogP contribution in [0.4, 0.5) is 0 Å². The first-order chi connectivity index (χ1) is 6.25. The van der Waals surface area contributed by atoms with Gasteiger partial charge in [-0.05, 0) is 48.9 Å². The minimum absolute atomic E-state index is 0.693. The Kier molecular flexibility index (Phi) is 3.01. The van der Waals surface area contributed by atoms with E-state index in [1.807, 2.05) is 0 Å². The maximum absolute atomic E-state index is 4.48. The average molecular weight is 261 g/mol. The lowest BCUT2D eigenvalue weighted by atomic mass is 9.95. The molecule has 0 N–H and O–H groups in total. The standard InChI is InChI=1S/C9H13BrN2S/c1-12-4-2-7(3-5-12)8-6-13-9(10)11-8/h6-7H,2-5H2,1H3. The van der Waals surface area contributed by atoms with Gasteiger partial charge in [-0.15, -0.1) is 11.3 Å². The molecule has 4 heteroatoms. The number of rotatable bonds is 1. The van der Waals surface area contributed by atoms with Gasteiger partial charge >= 0.3 is 0 Å². The lowest BCUT2D eigenvalue weighted by Crippen LogP contribution is -2.29. The fourth-order valence-corrected chi connectivity index (χ4v) is 2.86. The molecule has 13 heavy (non-hydrogen) atoms. The third-order valence-electron chi connectivity index (χ3n) is 2.63. The molecule has 1 aliphatic heterocycles. The van der Waals surface area contributed by atoms with Crippen molar-refractivity contribution in [3.8, 4) is 0 Å².